The zero-order chi connectivity index (χ0) is 11.8. The third-order valence-corrected chi connectivity index (χ3v) is 2.05. The van der Waals surface area contributed by atoms with Crippen LogP contribution >= 0.6 is 0 Å². The molecule has 16 heavy (non-hydrogen) atoms. The second-order valence-electron chi connectivity index (χ2n) is 3.13. The first kappa shape index (κ1) is 12.0. The van der Waals surface area contributed by atoms with E-state index in [1.54, 1.807) is 0 Å². The van der Waals surface area contributed by atoms with Crippen LogP contribution in [0.3, 0.4) is 0 Å². The molecule has 5 nitrogen and oxygen atoms in total. The lowest BCUT2D eigenvalue weighted by Crippen LogP contribution is -2.25. The van der Waals surface area contributed by atoms with Crippen LogP contribution in [0.2, 0.25) is 0 Å². The third-order valence-electron chi connectivity index (χ3n) is 2.05. The molecule has 0 heterocycles. The van der Waals surface area contributed by atoms with E-state index in [1.807, 2.05) is 24.3 Å². The maximum Gasteiger partial charge on any atom is 0.406 e. The number of carbonyl (C=O) groups is 2. The first-order chi connectivity index (χ1) is 7.76. The Balaban J connectivity index is 2.37. The molecule has 86 valence electrons. The first-order valence-electron chi connectivity index (χ1n) is 4.87. The fraction of sp³-hybridized carbons (Fsp3) is 0.273. The SMILES string of the molecule is COC(=O)NCCc1ccc(NC=O)cc1. The van der Waals surface area contributed by atoms with Gasteiger partial charge in [-0.2, -0.15) is 0 Å². The van der Waals surface area contributed by atoms with E-state index in [9.17, 15) is 9.59 Å². The highest BCUT2D eigenvalue weighted by molar-refractivity contribution is 5.71. The molecule has 2 N–H and O–H groups in total. The summed E-state index contributed by atoms with van der Waals surface area (Å²) in [5.41, 5.74) is 1.83. The van der Waals surface area contributed by atoms with Gasteiger partial charge in [0, 0.05) is 12.2 Å². The number of amides is 2. The molecule has 0 aliphatic carbocycles. The van der Waals surface area contributed by atoms with Crippen molar-refractivity contribution in [2.24, 2.45) is 0 Å². The number of carbonyl (C=O) groups excluding carboxylic acids is 2. The Morgan fingerprint density at radius 1 is 1.38 bits per heavy atom. The topological polar surface area (TPSA) is 67.4 Å². The molecule has 1 aromatic rings. The summed E-state index contributed by atoms with van der Waals surface area (Å²) in [6, 6.07) is 7.40. The quantitative estimate of drug-likeness (QED) is 0.734. The summed E-state index contributed by atoms with van der Waals surface area (Å²) in [7, 11) is 1.33. The number of nitrogens with one attached hydrogen (secondary N) is 2. The normalized spacial score (nSPS) is 9.31. The molecule has 0 aromatic heterocycles. The van der Waals surface area contributed by atoms with Crippen LogP contribution in [-0.4, -0.2) is 26.2 Å². The van der Waals surface area contributed by atoms with Crippen LogP contribution in [0.1, 0.15) is 5.56 Å². The molecule has 1 rings (SSSR count). The van der Waals surface area contributed by atoms with Crippen molar-refractivity contribution in [3.8, 4) is 0 Å². The van der Waals surface area contributed by atoms with Crippen LogP contribution in [0.25, 0.3) is 0 Å². The van der Waals surface area contributed by atoms with Gasteiger partial charge in [-0.15, -0.1) is 0 Å². The smallest absolute Gasteiger partial charge is 0.406 e. The average Bonchev–Trinajstić information content (AvgIpc) is 2.31. The molecule has 0 saturated heterocycles. The van der Waals surface area contributed by atoms with Crippen molar-refractivity contribution in [3.63, 3.8) is 0 Å². The molecule has 0 bridgehead atoms. The second kappa shape index (κ2) is 6.44. The molecule has 0 atom stereocenters. The molecule has 0 aliphatic heterocycles. The van der Waals surface area contributed by atoms with Crippen molar-refractivity contribution in [3.05, 3.63) is 29.8 Å². The van der Waals surface area contributed by atoms with Gasteiger partial charge in [0.15, 0.2) is 0 Å². The summed E-state index contributed by atoms with van der Waals surface area (Å²) in [5, 5.41) is 5.14. The molecule has 0 radical (unpaired) electrons. The number of methoxy groups -OCH3 is 1. The molecule has 0 fully saturated rings. The van der Waals surface area contributed by atoms with E-state index in [0.717, 1.165) is 17.7 Å². The number of ether oxygens (including phenoxy) is 1. The molecule has 0 aliphatic rings. The minimum atomic E-state index is -0.431. The van der Waals surface area contributed by atoms with Crippen molar-refractivity contribution in [2.75, 3.05) is 19.0 Å². The molecule has 2 amide bonds. The van der Waals surface area contributed by atoms with Gasteiger partial charge in [0.25, 0.3) is 0 Å². The Morgan fingerprint density at radius 2 is 2.06 bits per heavy atom. The number of alkyl carbamates (subject to hydrolysis) is 1. The van der Waals surface area contributed by atoms with Crippen LogP contribution in [0.4, 0.5) is 10.5 Å². The fourth-order valence-electron chi connectivity index (χ4n) is 1.22. The van der Waals surface area contributed by atoms with Crippen molar-refractivity contribution in [2.45, 2.75) is 6.42 Å². The largest absolute Gasteiger partial charge is 0.453 e. The highest BCUT2D eigenvalue weighted by Crippen LogP contribution is 2.08. The summed E-state index contributed by atoms with van der Waals surface area (Å²) in [6.07, 6.45) is 0.920. The Kier molecular flexibility index (Phi) is 4.85. The van der Waals surface area contributed by atoms with E-state index in [4.69, 9.17) is 0 Å². The summed E-state index contributed by atoms with van der Waals surface area (Å²) in [6.45, 7) is 0.521. The van der Waals surface area contributed by atoms with Gasteiger partial charge in [-0.1, -0.05) is 12.1 Å². The lowest BCUT2D eigenvalue weighted by Gasteiger charge is -2.04. The Morgan fingerprint density at radius 3 is 2.62 bits per heavy atom. The molecule has 0 unspecified atom stereocenters. The minimum Gasteiger partial charge on any atom is -0.453 e. The molecule has 5 heteroatoms. The highest BCUT2D eigenvalue weighted by atomic mass is 16.5. The maximum absolute atomic E-state index is 10.8. The number of hydrogen-bond donors (Lipinski definition) is 2. The first-order valence-corrected chi connectivity index (χ1v) is 4.87. The standard InChI is InChI=1S/C11H14N2O3/c1-16-11(15)12-7-6-9-2-4-10(5-3-9)13-8-14/h2-5,8H,6-7H2,1H3,(H,12,15)(H,13,14). The highest BCUT2D eigenvalue weighted by Gasteiger charge is 1.98. The predicted molar refractivity (Wildman–Crippen MR) is 60.2 cm³/mol. The fourth-order valence-corrected chi connectivity index (χ4v) is 1.22. The van der Waals surface area contributed by atoms with Gasteiger partial charge in [-0.25, -0.2) is 4.79 Å². The summed E-state index contributed by atoms with van der Waals surface area (Å²) in [5.74, 6) is 0. The number of anilines is 1. The molecular formula is C11H14N2O3. The van der Waals surface area contributed by atoms with Crippen LogP contribution in [-0.2, 0) is 16.0 Å². The maximum atomic E-state index is 10.8. The lowest BCUT2D eigenvalue weighted by molar-refractivity contribution is -0.105. The third kappa shape index (κ3) is 4.00. The van der Waals surface area contributed by atoms with Crippen LogP contribution in [0, 0.1) is 0 Å². The zero-order valence-electron chi connectivity index (χ0n) is 9.03. The van der Waals surface area contributed by atoms with E-state index >= 15 is 0 Å². The lowest BCUT2D eigenvalue weighted by atomic mass is 10.1. The van der Waals surface area contributed by atoms with Gasteiger partial charge in [0.1, 0.15) is 0 Å². The van der Waals surface area contributed by atoms with Gasteiger partial charge >= 0.3 is 6.09 Å². The number of hydrogen-bond acceptors (Lipinski definition) is 3. The molecular weight excluding hydrogens is 208 g/mol. The number of benzene rings is 1. The summed E-state index contributed by atoms with van der Waals surface area (Å²) in [4.78, 5) is 20.9. The van der Waals surface area contributed by atoms with E-state index in [-0.39, 0.29) is 0 Å². The van der Waals surface area contributed by atoms with Crippen molar-refractivity contribution >= 4 is 18.2 Å². The van der Waals surface area contributed by atoms with Crippen molar-refractivity contribution < 1.29 is 14.3 Å². The average molecular weight is 222 g/mol. The Hall–Kier alpha value is -2.04. The van der Waals surface area contributed by atoms with Crippen molar-refractivity contribution in [1.29, 1.82) is 0 Å². The minimum absolute atomic E-state index is 0.431. The van der Waals surface area contributed by atoms with Crippen LogP contribution < -0.4 is 10.6 Å². The molecule has 1 aromatic carbocycles. The van der Waals surface area contributed by atoms with E-state index in [1.165, 1.54) is 7.11 Å². The van der Waals surface area contributed by atoms with Gasteiger partial charge in [0.05, 0.1) is 7.11 Å². The van der Waals surface area contributed by atoms with Gasteiger partial charge < -0.3 is 15.4 Å². The van der Waals surface area contributed by atoms with E-state index in [2.05, 4.69) is 15.4 Å². The monoisotopic (exact) mass is 222 g/mol. The zero-order valence-corrected chi connectivity index (χ0v) is 9.03. The van der Waals surface area contributed by atoms with Crippen LogP contribution in [0.5, 0.6) is 0 Å². The molecule has 0 saturated carbocycles. The second-order valence-corrected chi connectivity index (χ2v) is 3.13. The van der Waals surface area contributed by atoms with E-state index < -0.39 is 6.09 Å². The summed E-state index contributed by atoms with van der Waals surface area (Å²) < 4.78 is 4.44. The Labute approximate surface area is 93.8 Å². The number of rotatable bonds is 5. The summed E-state index contributed by atoms with van der Waals surface area (Å²) >= 11 is 0. The predicted octanol–water partition coefficient (Wildman–Crippen LogP) is 1.15. The van der Waals surface area contributed by atoms with E-state index in [0.29, 0.717) is 13.0 Å². The Bertz CT molecular complexity index is 349. The van der Waals surface area contributed by atoms with Gasteiger partial charge in [-0.05, 0) is 24.1 Å². The van der Waals surface area contributed by atoms with Gasteiger partial charge in [-0.3, -0.25) is 4.79 Å². The van der Waals surface area contributed by atoms with Gasteiger partial charge in [0.2, 0.25) is 6.41 Å². The van der Waals surface area contributed by atoms with Crippen LogP contribution in [0.15, 0.2) is 24.3 Å². The van der Waals surface area contributed by atoms with Crippen molar-refractivity contribution in [1.82, 2.24) is 5.32 Å². The molecule has 0 spiro atoms.